The molecule has 9 heteroatoms. The molecule has 0 radical (unpaired) electrons. The smallest absolute Gasteiger partial charge is 0.164 e. The molecule has 7 nitrogen and oxygen atoms in total. The Bertz CT molecular complexity index is 3610. The van der Waals surface area contributed by atoms with Gasteiger partial charge in [-0.25, -0.2) is 24.9 Å². The number of unbranched alkanes of at least 4 members (excludes halogenated alkanes) is 2. The van der Waals surface area contributed by atoms with E-state index in [0.717, 1.165) is 117 Å². The number of ether oxygens (including phenoxy) is 1. The number of fused-ring (bicyclic) bond motifs is 7. The maximum Gasteiger partial charge on any atom is 0.164 e. The summed E-state index contributed by atoms with van der Waals surface area (Å²) in [5.41, 5.74) is 15.6. The van der Waals surface area contributed by atoms with Crippen molar-refractivity contribution in [2.75, 3.05) is 0 Å². The van der Waals surface area contributed by atoms with Crippen LogP contribution in [0.4, 0.5) is 0 Å². The Morgan fingerprint density at radius 3 is 2.01 bits per heavy atom. The number of benzene rings is 5. The highest BCUT2D eigenvalue weighted by Gasteiger charge is 2.48. The predicted molar refractivity (Wildman–Crippen MR) is 325 cm³/mol. The van der Waals surface area contributed by atoms with Crippen LogP contribution in [-0.2, 0) is 5.41 Å². The molecule has 1 aliphatic heterocycles. The largest absolute Gasteiger partial charge is 0.484 e. The van der Waals surface area contributed by atoms with Crippen molar-refractivity contribution in [3.63, 3.8) is 0 Å². The average Bonchev–Trinajstić information content (AvgIpc) is 3.98. The van der Waals surface area contributed by atoms with Gasteiger partial charge in [-0.15, -0.1) is 0 Å². The summed E-state index contributed by atoms with van der Waals surface area (Å²) in [7, 11) is 0. The van der Waals surface area contributed by atoms with Crippen LogP contribution >= 0.6 is 45.2 Å². The maximum absolute atomic E-state index is 6.99. The molecule has 0 spiro atoms. The average molecular weight is 1210 g/mol. The molecule has 0 saturated heterocycles. The molecule has 6 atom stereocenters. The molecule has 0 fully saturated rings. The van der Waals surface area contributed by atoms with Gasteiger partial charge in [0.05, 0.1) is 33.7 Å². The van der Waals surface area contributed by atoms with Crippen molar-refractivity contribution in [2.45, 2.75) is 92.5 Å². The first-order chi connectivity index (χ1) is 36.6. The highest BCUT2D eigenvalue weighted by molar-refractivity contribution is 14.1. The van der Waals surface area contributed by atoms with Crippen molar-refractivity contribution in [2.24, 2.45) is 11.8 Å². The highest BCUT2D eigenvalue weighted by atomic mass is 127. The van der Waals surface area contributed by atoms with Crippen LogP contribution < -0.4 is 4.74 Å². The number of rotatable bonds is 13. The van der Waals surface area contributed by atoms with Gasteiger partial charge in [0, 0.05) is 63.7 Å². The van der Waals surface area contributed by atoms with Gasteiger partial charge < -0.3 is 9.30 Å². The van der Waals surface area contributed by atoms with E-state index in [1.54, 1.807) is 0 Å². The van der Waals surface area contributed by atoms with Crippen molar-refractivity contribution in [3.8, 4) is 56.7 Å². The number of nitrogens with zero attached hydrogens (tertiary/aromatic N) is 6. The van der Waals surface area contributed by atoms with E-state index >= 15 is 0 Å². The molecule has 3 aromatic heterocycles. The first-order valence-electron chi connectivity index (χ1n) is 26.7. The summed E-state index contributed by atoms with van der Waals surface area (Å²) in [6.45, 7) is 11.5. The van der Waals surface area contributed by atoms with Crippen molar-refractivity contribution in [1.29, 1.82) is 0 Å². The van der Waals surface area contributed by atoms with Gasteiger partial charge in [-0.2, -0.15) is 0 Å². The van der Waals surface area contributed by atoms with Crippen LogP contribution in [0.2, 0.25) is 0 Å². The topological polar surface area (TPSA) is 78.6 Å². The number of hydrogen-bond acceptors (Lipinski definition) is 6. The lowest BCUT2D eigenvalue weighted by atomic mass is 9.73. The minimum absolute atomic E-state index is 0.204. The van der Waals surface area contributed by atoms with Crippen molar-refractivity contribution in [1.82, 2.24) is 29.5 Å². The van der Waals surface area contributed by atoms with Crippen molar-refractivity contribution >= 4 is 73.3 Å². The van der Waals surface area contributed by atoms with E-state index in [2.05, 4.69) is 242 Å². The van der Waals surface area contributed by atoms with E-state index < -0.39 is 0 Å². The first-order valence-corrected chi connectivity index (χ1v) is 29.2. The van der Waals surface area contributed by atoms with Gasteiger partial charge in [0.1, 0.15) is 11.9 Å². The fourth-order valence-electron chi connectivity index (χ4n) is 11.5. The maximum atomic E-state index is 6.99. The number of allylic oxidation sites excluding steroid dienone is 8. The summed E-state index contributed by atoms with van der Waals surface area (Å²) in [4.78, 5) is 27.5. The molecular formula is C66H60I2N6O. The molecular weight excluding hydrogens is 1150 g/mol. The van der Waals surface area contributed by atoms with Crippen LogP contribution in [0.1, 0.15) is 108 Å². The zero-order valence-electron chi connectivity index (χ0n) is 43.1. The van der Waals surface area contributed by atoms with E-state index in [9.17, 15) is 0 Å². The summed E-state index contributed by atoms with van der Waals surface area (Å²) < 4.78 is 10.0. The lowest BCUT2D eigenvalue weighted by Gasteiger charge is -2.31. The Morgan fingerprint density at radius 1 is 0.613 bits per heavy atom. The van der Waals surface area contributed by atoms with Gasteiger partial charge in [0.2, 0.25) is 0 Å². The Labute approximate surface area is 468 Å². The number of halogens is 2. The molecule has 0 saturated carbocycles. The summed E-state index contributed by atoms with van der Waals surface area (Å²) in [5, 5.41) is 1.15. The Kier molecular flexibility index (Phi) is 13.7. The second kappa shape index (κ2) is 20.7. The lowest BCUT2D eigenvalue weighted by molar-refractivity contribution is 0.183. The van der Waals surface area contributed by atoms with E-state index in [4.69, 9.17) is 29.7 Å². The Morgan fingerprint density at radius 2 is 1.27 bits per heavy atom. The number of hydrogen-bond donors (Lipinski definition) is 0. The van der Waals surface area contributed by atoms with Crippen LogP contribution in [0, 0.1) is 11.8 Å². The second-order valence-electron chi connectivity index (χ2n) is 20.8. The zero-order valence-corrected chi connectivity index (χ0v) is 47.5. The van der Waals surface area contributed by atoms with Crippen LogP contribution in [0.25, 0.3) is 79.1 Å². The number of aromatic nitrogens is 6. The summed E-state index contributed by atoms with van der Waals surface area (Å²) in [6, 6.07) is 46.8. The fourth-order valence-corrected chi connectivity index (χ4v) is 13.2. The molecule has 0 N–H and O–H groups in total. The molecule has 4 aliphatic rings. The van der Waals surface area contributed by atoms with E-state index in [0.29, 0.717) is 31.2 Å². The van der Waals surface area contributed by atoms with Crippen LogP contribution in [0.5, 0.6) is 5.75 Å². The quantitative estimate of drug-likeness (QED) is 0.0845. The predicted octanol–water partition coefficient (Wildman–Crippen LogP) is 17.6. The minimum atomic E-state index is -0.346. The molecule has 6 unspecified atom stereocenters. The molecule has 0 amide bonds. The van der Waals surface area contributed by atoms with E-state index in [1.165, 1.54) is 22.3 Å². The normalized spacial score (nSPS) is 21.6. The fraction of sp³-hybridized carbons (Fsp3) is 0.258. The van der Waals surface area contributed by atoms with Crippen LogP contribution in [-0.4, -0.2) is 37.3 Å². The Hall–Kier alpha value is -6.31. The summed E-state index contributed by atoms with van der Waals surface area (Å²) >= 11 is 5.22. The van der Waals surface area contributed by atoms with Gasteiger partial charge in [0.15, 0.2) is 23.3 Å². The lowest BCUT2D eigenvalue weighted by Crippen LogP contribution is -2.28. The molecule has 5 aromatic carbocycles. The third kappa shape index (κ3) is 9.15. The molecule has 75 heavy (non-hydrogen) atoms. The highest BCUT2D eigenvalue weighted by Crippen LogP contribution is 2.57. The van der Waals surface area contributed by atoms with Gasteiger partial charge in [-0.05, 0) is 81.0 Å². The van der Waals surface area contributed by atoms with Crippen molar-refractivity contribution in [3.05, 3.63) is 203 Å². The molecule has 0 bridgehead atoms. The Balaban J connectivity index is 1.11. The molecule has 3 aliphatic carbocycles. The number of alkyl halides is 2. The SMILES string of the molecule is CCCCC1=CC(I)C(C)C(c2nc(C3=CC(I)C(C)C(CCCC)=C3)nc(-c3ccc(-n4c5c(c6ccccc64)C4Oc6ccccc6C4(C)C=C5)c(-c4nc(-c5ccccc5)cc(-c5ccccc5)n4)c3)n2)=C1. The third-order valence-corrected chi connectivity index (χ3v) is 18.8. The molecule has 374 valence electrons. The molecule has 12 rings (SSSR count). The van der Waals surface area contributed by atoms with Gasteiger partial charge in [-0.1, -0.05) is 224 Å². The van der Waals surface area contributed by atoms with Gasteiger partial charge >= 0.3 is 0 Å². The first kappa shape index (κ1) is 49.6. The van der Waals surface area contributed by atoms with Crippen LogP contribution in [0.3, 0.4) is 0 Å². The van der Waals surface area contributed by atoms with Crippen LogP contribution in [0.15, 0.2) is 175 Å². The molecule has 4 heterocycles. The monoisotopic (exact) mass is 1210 g/mol. The zero-order chi connectivity index (χ0) is 51.4. The van der Waals surface area contributed by atoms with E-state index in [1.807, 2.05) is 12.1 Å². The second-order valence-corrected chi connectivity index (χ2v) is 23.7. The van der Waals surface area contributed by atoms with E-state index in [-0.39, 0.29) is 17.4 Å². The molecule has 8 aromatic rings. The third-order valence-electron chi connectivity index (χ3n) is 15.9. The number of para-hydroxylation sites is 2. The standard InChI is InChI=1S/C66H60I2N6O/c1-6-8-20-42-34-49(41(4)52(67)35-42)64-72-62(71-63(73-64)47-36-45(21-9-7-2)40(3)53(68)38-47)46-30-31-57(50(37-46)65-69-54(43-22-12-10-13-23-43)39-55(70-65)44-24-14-11-15-25-44)74-56-28-18-16-26-48(56)60-58(74)32-33-66(5)51-27-17-19-29-59(51)75-61(60)66/h10-19,22-41,52-53,61H,6-9,20-21H2,1-5H3. The minimum Gasteiger partial charge on any atom is -0.484 e. The van der Waals surface area contributed by atoms with Crippen molar-refractivity contribution < 1.29 is 4.74 Å². The summed E-state index contributed by atoms with van der Waals surface area (Å²) in [5.74, 6) is 4.23. The van der Waals surface area contributed by atoms with Gasteiger partial charge in [0.25, 0.3) is 0 Å². The van der Waals surface area contributed by atoms with Gasteiger partial charge in [-0.3, -0.25) is 0 Å². The summed E-state index contributed by atoms with van der Waals surface area (Å²) in [6.07, 6.45) is 20.7.